The number of rotatable bonds is 2. The molecule has 1 N–H and O–H groups in total. The van der Waals surface area contributed by atoms with Crippen molar-refractivity contribution >= 4 is 22.6 Å². The topological polar surface area (TPSA) is 46.0 Å². The van der Waals surface area contributed by atoms with Gasteiger partial charge in [0.1, 0.15) is 6.10 Å². The van der Waals surface area contributed by atoms with Gasteiger partial charge in [0.05, 0.1) is 22.9 Å². The van der Waals surface area contributed by atoms with Crippen molar-refractivity contribution < 1.29 is 5.11 Å². The second-order valence-corrected chi connectivity index (χ2v) is 5.71. The Morgan fingerprint density at radius 3 is 2.74 bits per heavy atom. The third-order valence-corrected chi connectivity index (χ3v) is 4.16. The molecule has 3 nitrogen and oxygen atoms in total. The van der Waals surface area contributed by atoms with Crippen molar-refractivity contribution in [3.63, 3.8) is 0 Å². The molecule has 4 heteroatoms. The van der Waals surface area contributed by atoms with Crippen molar-refractivity contribution in [2.75, 3.05) is 0 Å². The molecule has 0 aliphatic heterocycles. The van der Waals surface area contributed by atoms with E-state index in [1.807, 2.05) is 6.07 Å². The highest BCUT2D eigenvalue weighted by Crippen LogP contribution is 2.33. The van der Waals surface area contributed by atoms with Gasteiger partial charge in [-0.2, -0.15) is 0 Å². The average Bonchev–Trinajstić information content (AvgIpc) is 2.46. The van der Waals surface area contributed by atoms with Crippen LogP contribution in [0.15, 0.2) is 24.4 Å². The summed E-state index contributed by atoms with van der Waals surface area (Å²) in [6.45, 7) is 0. The van der Waals surface area contributed by atoms with Crippen LogP contribution in [0.5, 0.6) is 0 Å². The normalized spacial score (nSPS) is 18.6. The van der Waals surface area contributed by atoms with Crippen LogP contribution in [-0.2, 0) is 0 Å². The minimum absolute atomic E-state index is 0.319. The fourth-order valence-corrected chi connectivity index (χ4v) is 3.00. The SMILES string of the molecule is OC(c1cnc2ccc(Cl)cc2n1)C1CCCCC1. The van der Waals surface area contributed by atoms with E-state index in [1.165, 1.54) is 19.3 Å². The first kappa shape index (κ1) is 12.8. The van der Waals surface area contributed by atoms with Crippen molar-refractivity contribution in [3.05, 3.63) is 35.1 Å². The summed E-state index contributed by atoms with van der Waals surface area (Å²) < 4.78 is 0. The van der Waals surface area contributed by atoms with Gasteiger partial charge in [-0.1, -0.05) is 30.9 Å². The van der Waals surface area contributed by atoms with E-state index >= 15 is 0 Å². The summed E-state index contributed by atoms with van der Waals surface area (Å²) in [5.74, 6) is 0.319. The maximum atomic E-state index is 10.4. The number of hydrogen-bond donors (Lipinski definition) is 1. The zero-order valence-corrected chi connectivity index (χ0v) is 11.5. The van der Waals surface area contributed by atoms with Gasteiger partial charge in [-0.05, 0) is 37.0 Å². The van der Waals surface area contributed by atoms with Gasteiger partial charge in [-0.15, -0.1) is 0 Å². The van der Waals surface area contributed by atoms with E-state index in [1.54, 1.807) is 18.3 Å². The zero-order chi connectivity index (χ0) is 13.2. The quantitative estimate of drug-likeness (QED) is 0.905. The number of hydrogen-bond acceptors (Lipinski definition) is 3. The lowest BCUT2D eigenvalue weighted by Crippen LogP contribution is -2.17. The van der Waals surface area contributed by atoms with Crippen molar-refractivity contribution in [2.45, 2.75) is 38.2 Å². The van der Waals surface area contributed by atoms with Gasteiger partial charge in [0, 0.05) is 5.02 Å². The Morgan fingerprint density at radius 1 is 1.16 bits per heavy atom. The molecule has 0 amide bonds. The molecule has 100 valence electrons. The third-order valence-electron chi connectivity index (χ3n) is 3.92. The fourth-order valence-electron chi connectivity index (χ4n) is 2.83. The van der Waals surface area contributed by atoms with E-state index in [4.69, 9.17) is 11.6 Å². The van der Waals surface area contributed by atoms with Gasteiger partial charge in [0.2, 0.25) is 0 Å². The lowest BCUT2D eigenvalue weighted by molar-refractivity contribution is 0.0811. The van der Waals surface area contributed by atoms with Crippen molar-refractivity contribution in [1.82, 2.24) is 9.97 Å². The molecule has 0 saturated heterocycles. The summed E-state index contributed by atoms with van der Waals surface area (Å²) >= 11 is 5.97. The highest BCUT2D eigenvalue weighted by atomic mass is 35.5. The number of aliphatic hydroxyl groups is 1. The molecule has 1 heterocycles. The standard InChI is InChI=1S/C15H17ClN2O/c16-11-6-7-12-13(8-11)18-14(9-17-12)15(19)10-4-2-1-3-5-10/h6-10,15,19H,1-5H2. The number of aromatic nitrogens is 2. The van der Waals surface area contributed by atoms with Crippen LogP contribution in [0.1, 0.15) is 43.9 Å². The van der Waals surface area contributed by atoms with E-state index in [0.29, 0.717) is 16.6 Å². The lowest BCUT2D eigenvalue weighted by Gasteiger charge is -2.26. The maximum absolute atomic E-state index is 10.4. The molecule has 19 heavy (non-hydrogen) atoms. The summed E-state index contributed by atoms with van der Waals surface area (Å²) in [6.07, 6.45) is 7.03. The molecule has 1 aromatic carbocycles. The van der Waals surface area contributed by atoms with Gasteiger partial charge in [0.15, 0.2) is 0 Å². The summed E-state index contributed by atoms with van der Waals surface area (Å²) in [7, 11) is 0. The van der Waals surface area contributed by atoms with Crippen molar-refractivity contribution in [1.29, 1.82) is 0 Å². The highest BCUT2D eigenvalue weighted by Gasteiger charge is 2.24. The molecule has 1 unspecified atom stereocenters. The minimum atomic E-state index is -0.504. The highest BCUT2D eigenvalue weighted by molar-refractivity contribution is 6.31. The Morgan fingerprint density at radius 2 is 1.95 bits per heavy atom. The Kier molecular flexibility index (Phi) is 3.67. The molecule has 0 spiro atoms. The molecule has 3 rings (SSSR count). The molecular formula is C15H17ClN2O. The van der Waals surface area contributed by atoms with Crippen LogP contribution in [0.25, 0.3) is 11.0 Å². The molecule has 1 aliphatic carbocycles. The summed E-state index contributed by atoms with van der Waals surface area (Å²) in [4.78, 5) is 8.87. The predicted octanol–water partition coefficient (Wildman–Crippen LogP) is 3.90. The Balaban J connectivity index is 1.91. The Hall–Kier alpha value is -1.19. The van der Waals surface area contributed by atoms with Crippen LogP contribution < -0.4 is 0 Å². The Labute approximate surface area is 117 Å². The number of benzene rings is 1. The van der Waals surface area contributed by atoms with Crippen LogP contribution in [0.2, 0.25) is 5.02 Å². The largest absolute Gasteiger partial charge is 0.386 e. The average molecular weight is 277 g/mol. The van der Waals surface area contributed by atoms with E-state index in [9.17, 15) is 5.11 Å². The minimum Gasteiger partial charge on any atom is -0.386 e. The Bertz CT molecular complexity index is 581. The monoisotopic (exact) mass is 276 g/mol. The molecule has 0 radical (unpaired) electrons. The fraction of sp³-hybridized carbons (Fsp3) is 0.467. The smallest absolute Gasteiger partial charge is 0.100 e. The number of halogens is 1. The van der Waals surface area contributed by atoms with E-state index in [0.717, 1.165) is 23.9 Å². The molecule has 1 atom stereocenters. The molecule has 1 aliphatic rings. The van der Waals surface area contributed by atoms with E-state index < -0.39 is 6.10 Å². The molecule has 1 saturated carbocycles. The number of fused-ring (bicyclic) bond motifs is 1. The van der Waals surface area contributed by atoms with Crippen LogP contribution in [0.4, 0.5) is 0 Å². The first-order valence-electron chi connectivity index (χ1n) is 6.84. The first-order valence-corrected chi connectivity index (χ1v) is 7.22. The van der Waals surface area contributed by atoms with Gasteiger partial charge in [0.25, 0.3) is 0 Å². The van der Waals surface area contributed by atoms with Crippen molar-refractivity contribution in [3.8, 4) is 0 Å². The molecule has 2 aromatic rings. The second-order valence-electron chi connectivity index (χ2n) is 5.27. The van der Waals surface area contributed by atoms with E-state index in [2.05, 4.69) is 9.97 Å². The molecule has 1 aromatic heterocycles. The molecular weight excluding hydrogens is 260 g/mol. The van der Waals surface area contributed by atoms with Gasteiger partial charge in [-0.25, -0.2) is 4.98 Å². The number of aliphatic hydroxyl groups excluding tert-OH is 1. The van der Waals surface area contributed by atoms with Gasteiger partial charge < -0.3 is 5.11 Å². The summed E-state index contributed by atoms with van der Waals surface area (Å²) in [5.41, 5.74) is 2.23. The maximum Gasteiger partial charge on any atom is 0.100 e. The van der Waals surface area contributed by atoms with E-state index in [-0.39, 0.29) is 0 Å². The molecule has 0 bridgehead atoms. The second kappa shape index (κ2) is 5.43. The third kappa shape index (κ3) is 2.72. The van der Waals surface area contributed by atoms with Crippen molar-refractivity contribution in [2.24, 2.45) is 5.92 Å². The summed E-state index contributed by atoms with van der Waals surface area (Å²) in [5, 5.41) is 11.1. The van der Waals surface area contributed by atoms with Crippen LogP contribution in [-0.4, -0.2) is 15.1 Å². The van der Waals surface area contributed by atoms with Gasteiger partial charge >= 0.3 is 0 Å². The molecule has 1 fully saturated rings. The first-order chi connectivity index (χ1) is 9.24. The van der Waals surface area contributed by atoms with Crippen LogP contribution >= 0.6 is 11.6 Å². The van der Waals surface area contributed by atoms with Crippen LogP contribution in [0.3, 0.4) is 0 Å². The zero-order valence-electron chi connectivity index (χ0n) is 10.7. The number of nitrogens with zero attached hydrogens (tertiary/aromatic N) is 2. The summed E-state index contributed by atoms with van der Waals surface area (Å²) in [6, 6.07) is 5.44. The predicted molar refractivity (Wildman–Crippen MR) is 76.1 cm³/mol. The van der Waals surface area contributed by atoms with Gasteiger partial charge in [-0.3, -0.25) is 4.98 Å². The lowest BCUT2D eigenvalue weighted by atomic mass is 9.84. The van der Waals surface area contributed by atoms with Crippen LogP contribution in [0, 0.1) is 5.92 Å².